The smallest absolute Gasteiger partial charge is 0.418 e. The maximum atomic E-state index is 13.0. The van der Waals surface area contributed by atoms with E-state index in [9.17, 15) is 27.9 Å². The fourth-order valence-electron chi connectivity index (χ4n) is 3.71. The topological polar surface area (TPSA) is 139 Å². The number of carbonyl (C=O) groups is 2. The van der Waals surface area contributed by atoms with Gasteiger partial charge in [0.1, 0.15) is 12.3 Å². The number of alkyl halides is 3. The van der Waals surface area contributed by atoms with Gasteiger partial charge in [0.25, 0.3) is 11.8 Å². The van der Waals surface area contributed by atoms with Gasteiger partial charge in [-0.25, -0.2) is 4.98 Å². The third-order valence-corrected chi connectivity index (χ3v) is 5.68. The zero-order valence-electron chi connectivity index (χ0n) is 21.3. The maximum Gasteiger partial charge on any atom is 0.418 e. The molecule has 206 valence electrons. The zero-order valence-corrected chi connectivity index (χ0v) is 21.3. The van der Waals surface area contributed by atoms with Crippen molar-refractivity contribution in [2.75, 3.05) is 25.6 Å². The number of nitrogens with one attached hydrogen (secondary N) is 2. The first-order valence-corrected chi connectivity index (χ1v) is 11.9. The summed E-state index contributed by atoms with van der Waals surface area (Å²) in [7, 11) is 1.49. The molecule has 0 atom stereocenters. The number of benzene rings is 1. The molecule has 10 nitrogen and oxygen atoms in total. The quantitative estimate of drug-likeness (QED) is 0.299. The highest BCUT2D eigenvalue weighted by Crippen LogP contribution is 2.33. The van der Waals surface area contributed by atoms with E-state index in [4.69, 9.17) is 4.74 Å². The van der Waals surface area contributed by atoms with Gasteiger partial charge in [-0.05, 0) is 60.0 Å². The van der Waals surface area contributed by atoms with Crippen LogP contribution in [0.25, 0.3) is 22.4 Å². The Kier molecular flexibility index (Phi) is 8.34. The maximum absolute atomic E-state index is 13.0. The lowest BCUT2D eigenvalue weighted by atomic mass is 9.98. The lowest BCUT2D eigenvalue weighted by Gasteiger charge is -2.14. The molecule has 0 bridgehead atoms. The zero-order chi connectivity index (χ0) is 28.9. The molecular formula is C27H23F3N6O4. The predicted molar refractivity (Wildman–Crippen MR) is 139 cm³/mol. The summed E-state index contributed by atoms with van der Waals surface area (Å²) >= 11 is 0. The van der Waals surface area contributed by atoms with Crippen molar-refractivity contribution in [3.63, 3.8) is 0 Å². The van der Waals surface area contributed by atoms with Crippen molar-refractivity contribution in [3.05, 3.63) is 83.4 Å². The van der Waals surface area contributed by atoms with Crippen LogP contribution < -0.4 is 15.4 Å². The number of hydrogen-bond donors (Lipinski definition) is 3. The molecule has 0 saturated carbocycles. The van der Waals surface area contributed by atoms with E-state index in [1.807, 2.05) is 6.92 Å². The van der Waals surface area contributed by atoms with E-state index in [0.717, 1.165) is 5.56 Å². The van der Waals surface area contributed by atoms with Crippen molar-refractivity contribution in [1.29, 1.82) is 0 Å². The van der Waals surface area contributed by atoms with Crippen LogP contribution in [-0.2, 0) is 6.18 Å². The lowest BCUT2D eigenvalue weighted by Crippen LogP contribution is -2.19. The Morgan fingerprint density at radius 3 is 2.52 bits per heavy atom. The third kappa shape index (κ3) is 6.56. The van der Waals surface area contributed by atoms with E-state index in [1.54, 1.807) is 42.5 Å². The summed E-state index contributed by atoms with van der Waals surface area (Å²) in [6.07, 6.45) is -2.66. The van der Waals surface area contributed by atoms with Crippen molar-refractivity contribution < 1.29 is 32.6 Å². The second kappa shape index (κ2) is 11.9. The van der Waals surface area contributed by atoms with E-state index < -0.39 is 23.3 Å². The molecule has 2 amide bonds. The normalized spacial score (nSPS) is 11.2. The van der Waals surface area contributed by atoms with Gasteiger partial charge in [-0.15, -0.1) is 5.10 Å². The van der Waals surface area contributed by atoms with E-state index in [1.165, 1.54) is 13.2 Å². The van der Waals surface area contributed by atoms with Crippen molar-refractivity contribution in [3.8, 4) is 28.3 Å². The number of halogens is 3. The van der Waals surface area contributed by atoms with Gasteiger partial charge >= 0.3 is 6.18 Å². The van der Waals surface area contributed by atoms with Gasteiger partial charge in [-0.3, -0.25) is 14.6 Å². The minimum absolute atomic E-state index is 0.0111. The van der Waals surface area contributed by atoms with E-state index in [-0.39, 0.29) is 30.7 Å². The lowest BCUT2D eigenvalue weighted by molar-refractivity contribution is -0.137. The number of rotatable bonds is 8. The largest absolute Gasteiger partial charge is 0.475 e. The Hall–Kier alpha value is -4.91. The number of aromatic nitrogens is 4. The summed E-state index contributed by atoms with van der Waals surface area (Å²) in [6, 6.07) is 12.2. The Labute approximate surface area is 226 Å². The van der Waals surface area contributed by atoms with Gasteiger partial charge in [0.15, 0.2) is 5.69 Å². The van der Waals surface area contributed by atoms with Crippen LogP contribution in [0.4, 0.5) is 18.9 Å². The Bertz CT molecular complexity index is 1560. The van der Waals surface area contributed by atoms with Crippen LogP contribution in [0.1, 0.15) is 32.1 Å². The molecular weight excluding hydrogens is 529 g/mol. The highest BCUT2D eigenvalue weighted by atomic mass is 19.4. The van der Waals surface area contributed by atoms with Crippen LogP contribution in [0.3, 0.4) is 0 Å². The number of aryl methyl sites for hydroxylation is 1. The second-order valence-electron chi connectivity index (χ2n) is 8.47. The first-order chi connectivity index (χ1) is 19.1. The molecule has 0 saturated heterocycles. The molecule has 13 heteroatoms. The second-order valence-corrected chi connectivity index (χ2v) is 8.47. The van der Waals surface area contributed by atoms with Crippen LogP contribution in [-0.4, -0.2) is 57.3 Å². The molecule has 0 aliphatic rings. The molecule has 0 unspecified atom stereocenters. The highest BCUT2D eigenvalue weighted by molar-refractivity contribution is 6.03. The highest BCUT2D eigenvalue weighted by Gasteiger charge is 2.32. The SMILES string of the molecule is CNC(=O)c1cc(-c2cc(-c3cc(NC(=O)c4cc(C(F)(F)F)cnn4)ccc3C)cc(OCCO)n2)ccn1. The number of anilines is 1. The number of carbonyl (C=O) groups excluding carboxylic acids is 2. The Morgan fingerprint density at radius 2 is 1.80 bits per heavy atom. The first-order valence-electron chi connectivity index (χ1n) is 11.9. The van der Waals surface area contributed by atoms with Crippen LogP contribution in [0.5, 0.6) is 5.88 Å². The van der Waals surface area contributed by atoms with Crippen molar-refractivity contribution in [2.24, 2.45) is 0 Å². The van der Waals surface area contributed by atoms with Gasteiger partial charge in [-0.1, -0.05) is 6.07 Å². The minimum atomic E-state index is -4.67. The third-order valence-electron chi connectivity index (χ3n) is 5.68. The number of ether oxygens (including phenoxy) is 1. The van der Waals surface area contributed by atoms with Gasteiger partial charge in [-0.2, -0.15) is 18.3 Å². The number of aliphatic hydroxyl groups excluding tert-OH is 1. The van der Waals surface area contributed by atoms with Crippen molar-refractivity contribution in [2.45, 2.75) is 13.1 Å². The Morgan fingerprint density at radius 1 is 1.00 bits per heavy atom. The van der Waals surface area contributed by atoms with Gasteiger partial charge in [0.2, 0.25) is 5.88 Å². The molecule has 4 aromatic rings. The average Bonchev–Trinajstić information content (AvgIpc) is 2.96. The number of nitrogens with zero attached hydrogens (tertiary/aromatic N) is 4. The summed E-state index contributed by atoms with van der Waals surface area (Å²) in [4.78, 5) is 33.3. The number of hydrogen-bond acceptors (Lipinski definition) is 8. The molecule has 3 aromatic heterocycles. The molecule has 1 aromatic carbocycles. The molecule has 0 aliphatic carbocycles. The summed E-state index contributed by atoms with van der Waals surface area (Å²) < 4.78 is 44.7. The van der Waals surface area contributed by atoms with Crippen molar-refractivity contribution in [1.82, 2.24) is 25.5 Å². The molecule has 0 fully saturated rings. The molecule has 3 N–H and O–H groups in total. The fourth-order valence-corrected chi connectivity index (χ4v) is 3.71. The molecule has 0 aliphatic heterocycles. The average molecular weight is 553 g/mol. The molecule has 3 heterocycles. The standard InChI is InChI=1S/C27H23F3N6O4/c1-15-3-4-19(34-26(39)23-12-18(14-33-36-23)27(28,29)30)13-20(15)17-10-21(35-24(11-17)40-8-7-37)16-5-6-32-22(9-16)25(38)31-2/h3-6,9-14,37H,7-8H2,1-2H3,(H,31,38)(H,34,39). The van der Waals surface area contributed by atoms with E-state index in [2.05, 4.69) is 30.8 Å². The van der Waals surface area contributed by atoms with Crippen LogP contribution >= 0.6 is 0 Å². The molecule has 40 heavy (non-hydrogen) atoms. The summed E-state index contributed by atoms with van der Waals surface area (Å²) in [5.74, 6) is -1.04. The van der Waals surface area contributed by atoms with E-state index in [0.29, 0.717) is 40.3 Å². The Balaban J connectivity index is 1.71. The summed E-state index contributed by atoms with van der Waals surface area (Å²) in [6.45, 7) is 1.59. The number of pyridine rings is 2. The fraction of sp³-hybridized carbons (Fsp3) is 0.185. The monoisotopic (exact) mass is 552 g/mol. The number of aliphatic hydroxyl groups is 1. The molecule has 4 rings (SSSR count). The van der Waals surface area contributed by atoms with Gasteiger partial charge < -0.3 is 20.5 Å². The molecule has 0 spiro atoms. The van der Waals surface area contributed by atoms with Crippen LogP contribution in [0.15, 0.2) is 60.9 Å². The summed E-state index contributed by atoms with van der Waals surface area (Å²) in [5, 5.41) is 21.1. The summed E-state index contributed by atoms with van der Waals surface area (Å²) in [5.41, 5.74) is 2.02. The van der Waals surface area contributed by atoms with Crippen LogP contribution in [0, 0.1) is 6.92 Å². The predicted octanol–water partition coefficient (Wildman–Crippen LogP) is 3.91. The first kappa shape index (κ1) is 28.1. The van der Waals surface area contributed by atoms with E-state index >= 15 is 0 Å². The van der Waals surface area contributed by atoms with Crippen molar-refractivity contribution >= 4 is 17.5 Å². The van der Waals surface area contributed by atoms with Crippen LogP contribution in [0.2, 0.25) is 0 Å². The molecule has 0 radical (unpaired) electrons. The van der Waals surface area contributed by atoms with Gasteiger partial charge in [0, 0.05) is 30.6 Å². The number of amides is 2. The minimum Gasteiger partial charge on any atom is -0.475 e. The van der Waals surface area contributed by atoms with Gasteiger partial charge in [0.05, 0.1) is 24.1 Å².